The van der Waals surface area contributed by atoms with Crippen LogP contribution < -0.4 is 20.9 Å². The van der Waals surface area contributed by atoms with E-state index in [1.54, 1.807) is 0 Å². The van der Waals surface area contributed by atoms with E-state index in [4.69, 9.17) is 27.8 Å². The number of benzene rings is 1. The molecule has 0 saturated heterocycles. The van der Waals surface area contributed by atoms with Crippen molar-refractivity contribution in [1.82, 2.24) is 4.72 Å². The molecule has 0 aliphatic heterocycles. The minimum Gasteiger partial charge on any atom is -0.482 e. The number of amides is 1. The first-order valence-electron chi connectivity index (χ1n) is 7.08. The van der Waals surface area contributed by atoms with Crippen molar-refractivity contribution in [3.05, 3.63) is 23.2 Å². The zero-order valence-electron chi connectivity index (χ0n) is 13.1. The third-order valence-corrected chi connectivity index (χ3v) is 4.70. The van der Waals surface area contributed by atoms with Crippen LogP contribution in [-0.4, -0.2) is 33.5 Å². The van der Waals surface area contributed by atoms with Crippen LogP contribution in [0.2, 0.25) is 5.02 Å². The highest BCUT2D eigenvalue weighted by molar-refractivity contribution is 7.89. The molecule has 1 amide bonds. The number of primary amides is 1. The summed E-state index contributed by atoms with van der Waals surface area (Å²) in [5.74, 6) is -0.437. The fourth-order valence-corrected chi connectivity index (χ4v) is 3.67. The van der Waals surface area contributed by atoms with E-state index >= 15 is 0 Å². The molecule has 1 aromatic rings. The second-order valence-electron chi connectivity index (χ2n) is 5.53. The fraction of sp³-hybridized carbons (Fsp3) is 0.500. The Bertz CT molecular complexity index is 649. The normalized spacial score (nSPS) is 13.1. The van der Waals surface area contributed by atoms with Gasteiger partial charge in [0.05, 0.1) is 0 Å². The Morgan fingerprint density at radius 1 is 1.39 bits per heavy atom. The highest BCUT2D eigenvalue weighted by Gasteiger charge is 2.24. The first-order valence-corrected chi connectivity index (χ1v) is 8.95. The van der Waals surface area contributed by atoms with E-state index in [2.05, 4.69) is 4.72 Å². The summed E-state index contributed by atoms with van der Waals surface area (Å²) in [4.78, 5) is 10.7. The number of ether oxygens (including phenoxy) is 1. The molecule has 1 aromatic carbocycles. The third-order valence-electron chi connectivity index (χ3n) is 2.93. The Hall–Kier alpha value is -1.35. The largest absolute Gasteiger partial charge is 0.482 e. The van der Waals surface area contributed by atoms with Crippen LogP contribution in [0.25, 0.3) is 0 Å². The van der Waals surface area contributed by atoms with Gasteiger partial charge >= 0.3 is 0 Å². The van der Waals surface area contributed by atoms with E-state index in [0.29, 0.717) is 6.42 Å². The SMILES string of the molecule is CC(C)CC(CN)NS(=O)(=O)c1cc(Cl)ccc1OCC(N)=O. The van der Waals surface area contributed by atoms with Crippen LogP contribution in [0.5, 0.6) is 5.75 Å². The number of halogens is 1. The lowest BCUT2D eigenvalue weighted by Gasteiger charge is -2.20. The van der Waals surface area contributed by atoms with Gasteiger partial charge in [-0.2, -0.15) is 0 Å². The smallest absolute Gasteiger partial charge is 0.255 e. The molecule has 5 N–H and O–H groups in total. The third kappa shape index (κ3) is 6.34. The molecule has 130 valence electrons. The minimum atomic E-state index is -3.91. The van der Waals surface area contributed by atoms with Crippen LogP contribution >= 0.6 is 11.6 Å². The summed E-state index contributed by atoms with van der Waals surface area (Å²) < 4.78 is 32.8. The van der Waals surface area contributed by atoms with Gasteiger partial charge in [-0.25, -0.2) is 13.1 Å². The number of nitrogens with one attached hydrogen (secondary N) is 1. The van der Waals surface area contributed by atoms with Gasteiger partial charge in [0.1, 0.15) is 10.6 Å². The Labute approximate surface area is 141 Å². The van der Waals surface area contributed by atoms with E-state index in [-0.39, 0.29) is 28.1 Å². The highest BCUT2D eigenvalue weighted by atomic mass is 35.5. The summed E-state index contributed by atoms with van der Waals surface area (Å²) in [6.07, 6.45) is 0.591. The van der Waals surface area contributed by atoms with Gasteiger partial charge in [-0.05, 0) is 30.5 Å². The van der Waals surface area contributed by atoms with Gasteiger partial charge in [0.2, 0.25) is 10.0 Å². The molecule has 0 saturated carbocycles. The van der Waals surface area contributed by atoms with Gasteiger partial charge < -0.3 is 16.2 Å². The zero-order chi connectivity index (χ0) is 17.6. The molecule has 0 heterocycles. The topological polar surface area (TPSA) is 125 Å². The predicted molar refractivity (Wildman–Crippen MR) is 88.8 cm³/mol. The van der Waals surface area contributed by atoms with Crippen molar-refractivity contribution in [3.63, 3.8) is 0 Å². The molecule has 9 heteroatoms. The average Bonchev–Trinajstić information content (AvgIpc) is 2.44. The van der Waals surface area contributed by atoms with Crippen LogP contribution in [0.4, 0.5) is 0 Å². The molecule has 0 bridgehead atoms. The van der Waals surface area contributed by atoms with Crippen LogP contribution in [0.15, 0.2) is 23.1 Å². The van der Waals surface area contributed by atoms with E-state index in [1.807, 2.05) is 13.8 Å². The summed E-state index contributed by atoms with van der Waals surface area (Å²) >= 11 is 5.88. The van der Waals surface area contributed by atoms with Crippen molar-refractivity contribution in [2.75, 3.05) is 13.2 Å². The summed E-state index contributed by atoms with van der Waals surface area (Å²) in [7, 11) is -3.91. The van der Waals surface area contributed by atoms with Crippen LogP contribution in [0, 0.1) is 5.92 Å². The molecule has 0 radical (unpaired) electrons. The number of nitrogens with two attached hydrogens (primary N) is 2. The van der Waals surface area contributed by atoms with Crippen LogP contribution in [0.1, 0.15) is 20.3 Å². The summed E-state index contributed by atoms with van der Waals surface area (Å²) in [6.45, 7) is 3.67. The number of carbonyl (C=O) groups excluding carboxylic acids is 1. The van der Waals surface area contributed by atoms with Crippen molar-refractivity contribution in [2.24, 2.45) is 17.4 Å². The number of carbonyl (C=O) groups is 1. The lowest BCUT2D eigenvalue weighted by atomic mass is 10.1. The molecule has 0 aromatic heterocycles. The summed E-state index contributed by atoms with van der Waals surface area (Å²) in [5.41, 5.74) is 10.6. The Balaban J connectivity index is 3.10. The maximum absolute atomic E-state index is 12.6. The molecule has 1 unspecified atom stereocenters. The van der Waals surface area contributed by atoms with E-state index in [0.717, 1.165) is 0 Å². The second kappa shape index (κ2) is 8.49. The van der Waals surface area contributed by atoms with Crippen molar-refractivity contribution < 1.29 is 17.9 Å². The molecule has 0 fully saturated rings. The van der Waals surface area contributed by atoms with Crippen molar-refractivity contribution in [2.45, 2.75) is 31.2 Å². The quantitative estimate of drug-likeness (QED) is 0.600. The molecule has 0 spiro atoms. The summed E-state index contributed by atoms with van der Waals surface area (Å²) in [5, 5.41) is 0.227. The van der Waals surface area contributed by atoms with Crippen LogP contribution in [0.3, 0.4) is 0 Å². The Morgan fingerprint density at radius 2 is 2.04 bits per heavy atom. The second-order valence-corrected chi connectivity index (χ2v) is 7.65. The predicted octanol–water partition coefficient (Wildman–Crippen LogP) is 0.856. The van der Waals surface area contributed by atoms with Gasteiger partial charge in [-0.3, -0.25) is 4.79 Å². The van der Waals surface area contributed by atoms with Gasteiger partial charge in [0.25, 0.3) is 5.91 Å². The molecular formula is C14H22ClN3O4S. The first-order chi connectivity index (χ1) is 10.7. The standard InChI is InChI=1S/C14H22ClN3O4S/c1-9(2)5-11(7-16)18-23(20,21)13-6-10(15)3-4-12(13)22-8-14(17)19/h3-4,6,9,11,18H,5,7-8,16H2,1-2H3,(H2,17,19). The van der Waals surface area contributed by atoms with Gasteiger partial charge in [-0.15, -0.1) is 0 Å². The highest BCUT2D eigenvalue weighted by Crippen LogP contribution is 2.27. The minimum absolute atomic E-state index is 0.000943. The molecule has 0 aliphatic rings. The molecule has 23 heavy (non-hydrogen) atoms. The Morgan fingerprint density at radius 3 is 2.57 bits per heavy atom. The molecule has 1 rings (SSSR count). The lowest BCUT2D eigenvalue weighted by molar-refractivity contribution is -0.120. The zero-order valence-corrected chi connectivity index (χ0v) is 14.7. The van der Waals surface area contributed by atoms with Crippen molar-refractivity contribution in [1.29, 1.82) is 0 Å². The summed E-state index contributed by atoms with van der Waals surface area (Å²) in [6, 6.07) is 3.68. The van der Waals surface area contributed by atoms with E-state index < -0.39 is 28.6 Å². The maximum atomic E-state index is 12.6. The maximum Gasteiger partial charge on any atom is 0.255 e. The van der Waals surface area contributed by atoms with Crippen molar-refractivity contribution >= 4 is 27.5 Å². The van der Waals surface area contributed by atoms with Crippen LogP contribution in [-0.2, 0) is 14.8 Å². The lowest BCUT2D eigenvalue weighted by Crippen LogP contribution is -2.41. The molecule has 0 aliphatic carbocycles. The van der Waals surface area contributed by atoms with Gasteiger partial charge in [0, 0.05) is 17.6 Å². The number of hydrogen-bond acceptors (Lipinski definition) is 5. The average molecular weight is 364 g/mol. The van der Waals surface area contributed by atoms with Gasteiger partial charge in [-0.1, -0.05) is 25.4 Å². The van der Waals surface area contributed by atoms with Gasteiger partial charge in [0.15, 0.2) is 6.61 Å². The van der Waals surface area contributed by atoms with E-state index in [1.165, 1.54) is 18.2 Å². The Kier molecular flexibility index (Phi) is 7.27. The van der Waals surface area contributed by atoms with Crippen molar-refractivity contribution in [3.8, 4) is 5.75 Å². The molecular weight excluding hydrogens is 342 g/mol. The fourth-order valence-electron chi connectivity index (χ4n) is 2.00. The monoisotopic (exact) mass is 363 g/mol. The number of hydrogen-bond donors (Lipinski definition) is 3. The number of rotatable bonds is 9. The molecule has 7 nitrogen and oxygen atoms in total. The van der Waals surface area contributed by atoms with E-state index in [9.17, 15) is 13.2 Å². The molecule has 1 atom stereocenters. The number of sulfonamides is 1. The first kappa shape index (κ1) is 19.7.